The minimum atomic E-state index is 0.191. The van der Waals surface area contributed by atoms with Crippen LogP contribution in [0.15, 0.2) is 18.2 Å². The van der Waals surface area contributed by atoms with Gasteiger partial charge in [0.1, 0.15) is 0 Å². The molecule has 0 aliphatic heterocycles. The van der Waals surface area contributed by atoms with Crippen molar-refractivity contribution >= 4 is 0 Å². The molecule has 0 saturated heterocycles. The van der Waals surface area contributed by atoms with Gasteiger partial charge in [-0.25, -0.2) is 0 Å². The van der Waals surface area contributed by atoms with Crippen LogP contribution in [0.1, 0.15) is 105 Å². The Morgan fingerprint density at radius 3 is 1.35 bits per heavy atom. The summed E-state index contributed by atoms with van der Waals surface area (Å²) in [5.74, 6) is 1.32. The maximum atomic E-state index is 2.48. The molecule has 132 valence electrons. The lowest BCUT2D eigenvalue weighted by Gasteiger charge is -2.35. The summed E-state index contributed by atoms with van der Waals surface area (Å²) in [5, 5.41) is 0. The molecular weight excluding hydrogens is 276 g/mol. The van der Waals surface area contributed by atoms with Gasteiger partial charge < -0.3 is 0 Å². The SMILES string of the molecule is CC(C)CC(c1cc(C(C)(C)C)cc(C(C)(C)C)c1)C(C)(C)C. The van der Waals surface area contributed by atoms with E-state index in [2.05, 4.69) is 94.4 Å². The first kappa shape index (κ1) is 20.3. The zero-order valence-electron chi connectivity index (χ0n) is 17.6. The molecule has 0 heterocycles. The van der Waals surface area contributed by atoms with E-state index >= 15 is 0 Å². The number of hydrogen-bond acceptors (Lipinski definition) is 0. The Labute approximate surface area is 146 Å². The van der Waals surface area contributed by atoms with Crippen molar-refractivity contribution in [2.75, 3.05) is 0 Å². The fraction of sp³-hybridized carbons (Fsp3) is 0.739. The molecule has 1 rings (SSSR count). The summed E-state index contributed by atoms with van der Waals surface area (Å²) in [4.78, 5) is 0. The lowest BCUT2D eigenvalue weighted by atomic mass is 9.70. The monoisotopic (exact) mass is 316 g/mol. The summed E-state index contributed by atoms with van der Waals surface area (Å²) in [6.07, 6.45) is 1.25. The molecule has 1 aromatic rings. The van der Waals surface area contributed by atoms with Crippen LogP contribution in [0.2, 0.25) is 0 Å². The topological polar surface area (TPSA) is 0 Å². The lowest BCUT2D eigenvalue weighted by Crippen LogP contribution is -2.23. The smallest absolute Gasteiger partial charge is 0.0111 e. The first-order valence-electron chi connectivity index (χ1n) is 9.28. The molecule has 1 aromatic carbocycles. The highest BCUT2D eigenvalue weighted by Gasteiger charge is 2.29. The maximum Gasteiger partial charge on any atom is -0.0111 e. The Balaban J connectivity index is 3.54. The van der Waals surface area contributed by atoms with Crippen LogP contribution in [0.4, 0.5) is 0 Å². The molecule has 0 aliphatic carbocycles. The van der Waals surface area contributed by atoms with Gasteiger partial charge in [0.25, 0.3) is 0 Å². The second-order valence-corrected chi connectivity index (χ2v) is 10.9. The van der Waals surface area contributed by atoms with Crippen LogP contribution in [0.5, 0.6) is 0 Å². The quantitative estimate of drug-likeness (QED) is 0.543. The fourth-order valence-electron chi connectivity index (χ4n) is 3.18. The lowest BCUT2D eigenvalue weighted by molar-refractivity contribution is 0.279. The summed E-state index contributed by atoms with van der Waals surface area (Å²) >= 11 is 0. The molecule has 0 radical (unpaired) electrons. The Bertz CT molecular complexity index is 480. The van der Waals surface area contributed by atoms with Gasteiger partial charge in [0.15, 0.2) is 0 Å². The van der Waals surface area contributed by atoms with Crippen LogP contribution in [-0.4, -0.2) is 0 Å². The van der Waals surface area contributed by atoms with Crippen molar-refractivity contribution in [3.8, 4) is 0 Å². The molecule has 0 aliphatic rings. The highest BCUT2D eigenvalue weighted by atomic mass is 14.3. The van der Waals surface area contributed by atoms with E-state index in [1.807, 2.05) is 0 Å². The average Bonchev–Trinajstić information content (AvgIpc) is 2.31. The number of hydrogen-bond donors (Lipinski definition) is 0. The molecule has 0 fully saturated rings. The van der Waals surface area contributed by atoms with E-state index in [-0.39, 0.29) is 16.2 Å². The van der Waals surface area contributed by atoms with Crippen LogP contribution in [-0.2, 0) is 10.8 Å². The van der Waals surface area contributed by atoms with Crippen LogP contribution in [0.25, 0.3) is 0 Å². The first-order valence-corrected chi connectivity index (χ1v) is 9.28. The summed E-state index contributed by atoms with van der Waals surface area (Å²) < 4.78 is 0. The largest absolute Gasteiger partial charge is 0.0628 e. The van der Waals surface area contributed by atoms with Gasteiger partial charge >= 0.3 is 0 Å². The number of benzene rings is 1. The highest BCUT2D eigenvalue weighted by Crippen LogP contribution is 2.42. The Morgan fingerprint density at radius 1 is 0.696 bits per heavy atom. The van der Waals surface area contributed by atoms with E-state index in [0.29, 0.717) is 5.92 Å². The Hall–Kier alpha value is -0.780. The highest BCUT2D eigenvalue weighted by molar-refractivity contribution is 5.39. The summed E-state index contributed by atoms with van der Waals surface area (Å²) in [6, 6.07) is 7.39. The van der Waals surface area contributed by atoms with Gasteiger partial charge in [0, 0.05) is 0 Å². The van der Waals surface area contributed by atoms with E-state index in [9.17, 15) is 0 Å². The minimum absolute atomic E-state index is 0.191. The average molecular weight is 317 g/mol. The van der Waals surface area contributed by atoms with Gasteiger partial charge in [-0.1, -0.05) is 94.4 Å². The third-order valence-electron chi connectivity index (χ3n) is 4.84. The van der Waals surface area contributed by atoms with E-state index < -0.39 is 0 Å². The molecule has 1 atom stereocenters. The normalized spacial score (nSPS) is 15.1. The second-order valence-electron chi connectivity index (χ2n) is 10.9. The Morgan fingerprint density at radius 2 is 1.09 bits per heavy atom. The number of rotatable bonds is 3. The molecule has 0 heteroatoms. The molecule has 1 unspecified atom stereocenters. The maximum absolute atomic E-state index is 2.48. The first-order chi connectivity index (χ1) is 10.1. The Kier molecular flexibility index (Phi) is 5.83. The van der Waals surface area contributed by atoms with E-state index in [0.717, 1.165) is 5.92 Å². The van der Waals surface area contributed by atoms with Crippen molar-refractivity contribution < 1.29 is 0 Å². The predicted molar refractivity (Wildman–Crippen MR) is 105 cm³/mol. The van der Waals surface area contributed by atoms with Gasteiger partial charge in [-0.2, -0.15) is 0 Å². The zero-order chi connectivity index (χ0) is 18.2. The van der Waals surface area contributed by atoms with Crippen LogP contribution >= 0.6 is 0 Å². The van der Waals surface area contributed by atoms with Gasteiger partial charge in [-0.05, 0) is 51.2 Å². The second kappa shape index (κ2) is 6.61. The van der Waals surface area contributed by atoms with Crippen LogP contribution in [0.3, 0.4) is 0 Å². The summed E-state index contributed by atoms with van der Waals surface area (Å²) in [6.45, 7) is 25.8. The molecule has 23 heavy (non-hydrogen) atoms. The molecule has 0 aromatic heterocycles. The van der Waals surface area contributed by atoms with Gasteiger partial charge in [-0.3, -0.25) is 0 Å². The van der Waals surface area contributed by atoms with Crippen molar-refractivity contribution in [3.63, 3.8) is 0 Å². The third kappa shape index (κ3) is 5.66. The van der Waals surface area contributed by atoms with Crippen molar-refractivity contribution in [3.05, 3.63) is 34.9 Å². The van der Waals surface area contributed by atoms with E-state index in [1.54, 1.807) is 0 Å². The molecule has 0 N–H and O–H groups in total. The predicted octanol–water partition coefficient (Wildman–Crippen LogP) is 7.46. The molecular formula is C23H40. The summed E-state index contributed by atoms with van der Waals surface area (Å²) in [5.41, 5.74) is 5.14. The third-order valence-corrected chi connectivity index (χ3v) is 4.84. The van der Waals surface area contributed by atoms with Gasteiger partial charge in [0.2, 0.25) is 0 Å². The van der Waals surface area contributed by atoms with Crippen molar-refractivity contribution in [1.82, 2.24) is 0 Å². The fourth-order valence-corrected chi connectivity index (χ4v) is 3.18. The molecule has 0 amide bonds. The van der Waals surface area contributed by atoms with Crippen molar-refractivity contribution in [1.29, 1.82) is 0 Å². The minimum Gasteiger partial charge on any atom is -0.0628 e. The van der Waals surface area contributed by atoms with Crippen LogP contribution < -0.4 is 0 Å². The molecule has 0 nitrogen and oxygen atoms in total. The standard InChI is InChI=1S/C23H40/c1-16(2)12-20(23(9,10)11)17-13-18(21(3,4)5)15-19(14-17)22(6,7)8/h13-16,20H,12H2,1-11H3. The summed E-state index contributed by atoms with van der Waals surface area (Å²) in [7, 11) is 0. The van der Waals surface area contributed by atoms with Crippen molar-refractivity contribution in [2.24, 2.45) is 11.3 Å². The van der Waals surface area contributed by atoms with E-state index in [4.69, 9.17) is 0 Å². The van der Waals surface area contributed by atoms with Crippen LogP contribution in [0, 0.1) is 11.3 Å². The van der Waals surface area contributed by atoms with Crippen molar-refractivity contribution in [2.45, 2.75) is 99.3 Å². The molecule has 0 saturated carbocycles. The zero-order valence-corrected chi connectivity index (χ0v) is 17.6. The van der Waals surface area contributed by atoms with E-state index in [1.165, 1.54) is 23.1 Å². The van der Waals surface area contributed by atoms with Gasteiger partial charge in [0.05, 0.1) is 0 Å². The molecule has 0 bridgehead atoms. The van der Waals surface area contributed by atoms with Gasteiger partial charge in [-0.15, -0.1) is 0 Å². The molecule has 0 spiro atoms.